The molecule has 3 heterocycles. The van der Waals surface area contributed by atoms with Gasteiger partial charge < -0.3 is 15.0 Å². The van der Waals surface area contributed by atoms with Gasteiger partial charge in [0.15, 0.2) is 0 Å². The molecule has 2 aromatic rings. The Morgan fingerprint density at radius 3 is 2.79 bits per heavy atom. The van der Waals surface area contributed by atoms with Gasteiger partial charge in [0.05, 0.1) is 6.04 Å². The molecule has 4 rings (SSSR count). The lowest BCUT2D eigenvalue weighted by Crippen LogP contribution is -2.33. The number of thioether (sulfide) groups is 1. The highest BCUT2D eigenvalue weighted by Crippen LogP contribution is 2.31. The molecular formula is C18H22N4OS. The molecule has 0 amide bonds. The van der Waals surface area contributed by atoms with E-state index in [-0.39, 0.29) is 12.1 Å². The second-order valence-electron chi connectivity index (χ2n) is 6.10. The summed E-state index contributed by atoms with van der Waals surface area (Å²) >= 11 is 2.00. The third kappa shape index (κ3) is 3.49. The molecule has 1 aromatic heterocycles. The van der Waals surface area contributed by atoms with Crippen molar-refractivity contribution in [1.82, 2.24) is 9.97 Å². The molecule has 2 aliphatic heterocycles. The van der Waals surface area contributed by atoms with Crippen LogP contribution in [-0.2, 0) is 4.74 Å². The average Bonchev–Trinajstić information content (AvgIpc) is 3.11. The van der Waals surface area contributed by atoms with Crippen LogP contribution in [0.4, 0.5) is 11.6 Å². The Bertz CT molecular complexity index is 663. The SMILES string of the molecule is c1ccc(C2OCCC2Nc2cc(N3CCSCC3)ncn2)cc1. The minimum absolute atomic E-state index is 0.0796. The van der Waals surface area contributed by atoms with Gasteiger partial charge in [0.25, 0.3) is 0 Å². The maximum Gasteiger partial charge on any atom is 0.134 e. The zero-order valence-electron chi connectivity index (χ0n) is 13.6. The van der Waals surface area contributed by atoms with Crippen molar-refractivity contribution in [3.05, 3.63) is 48.3 Å². The van der Waals surface area contributed by atoms with Gasteiger partial charge in [-0.1, -0.05) is 30.3 Å². The van der Waals surface area contributed by atoms with E-state index in [9.17, 15) is 0 Å². The fraction of sp³-hybridized carbons (Fsp3) is 0.444. The lowest BCUT2D eigenvalue weighted by atomic mass is 10.0. The number of nitrogens with one attached hydrogen (secondary N) is 1. The van der Waals surface area contributed by atoms with Crippen LogP contribution in [0.25, 0.3) is 0 Å². The normalized spacial score (nSPS) is 24.1. The number of rotatable bonds is 4. The van der Waals surface area contributed by atoms with Gasteiger partial charge in [0.2, 0.25) is 0 Å². The van der Waals surface area contributed by atoms with Gasteiger partial charge in [0.1, 0.15) is 24.1 Å². The van der Waals surface area contributed by atoms with E-state index in [1.165, 1.54) is 17.1 Å². The number of anilines is 2. The molecule has 6 heteroatoms. The van der Waals surface area contributed by atoms with Gasteiger partial charge in [0, 0.05) is 37.3 Å². The monoisotopic (exact) mass is 342 g/mol. The van der Waals surface area contributed by atoms with Gasteiger partial charge in [-0.05, 0) is 12.0 Å². The smallest absolute Gasteiger partial charge is 0.134 e. The number of aromatic nitrogens is 2. The second kappa shape index (κ2) is 7.40. The van der Waals surface area contributed by atoms with Gasteiger partial charge >= 0.3 is 0 Å². The molecule has 1 aromatic carbocycles. The first kappa shape index (κ1) is 15.7. The van der Waals surface area contributed by atoms with Crippen LogP contribution in [0.2, 0.25) is 0 Å². The summed E-state index contributed by atoms with van der Waals surface area (Å²) < 4.78 is 5.95. The summed E-state index contributed by atoms with van der Waals surface area (Å²) in [5.74, 6) is 4.23. The summed E-state index contributed by atoms with van der Waals surface area (Å²) in [4.78, 5) is 11.2. The first-order chi connectivity index (χ1) is 11.9. The molecule has 1 N–H and O–H groups in total. The highest BCUT2D eigenvalue weighted by molar-refractivity contribution is 7.99. The average molecular weight is 342 g/mol. The maximum atomic E-state index is 5.95. The lowest BCUT2D eigenvalue weighted by Gasteiger charge is -2.28. The molecule has 5 nitrogen and oxygen atoms in total. The number of hydrogen-bond donors (Lipinski definition) is 1. The highest BCUT2D eigenvalue weighted by atomic mass is 32.2. The minimum atomic E-state index is 0.0796. The topological polar surface area (TPSA) is 50.3 Å². The van der Waals surface area contributed by atoms with Crippen molar-refractivity contribution in [3.8, 4) is 0 Å². The Labute approximate surface area is 146 Å². The Hall–Kier alpha value is -1.79. The van der Waals surface area contributed by atoms with Gasteiger partial charge in [-0.3, -0.25) is 0 Å². The molecule has 0 spiro atoms. The van der Waals surface area contributed by atoms with Gasteiger partial charge in [-0.2, -0.15) is 11.8 Å². The number of nitrogens with zero attached hydrogens (tertiary/aromatic N) is 3. The Morgan fingerprint density at radius 1 is 1.12 bits per heavy atom. The summed E-state index contributed by atoms with van der Waals surface area (Å²) in [5, 5.41) is 3.56. The first-order valence-electron chi connectivity index (χ1n) is 8.48. The van der Waals surface area contributed by atoms with E-state index in [1.807, 2.05) is 17.8 Å². The van der Waals surface area contributed by atoms with Crippen molar-refractivity contribution in [2.24, 2.45) is 0 Å². The number of ether oxygens (including phenoxy) is 1. The van der Waals surface area contributed by atoms with E-state index < -0.39 is 0 Å². The molecule has 0 radical (unpaired) electrons. The molecule has 126 valence electrons. The van der Waals surface area contributed by atoms with Crippen molar-refractivity contribution in [1.29, 1.82) is 0 Å². The van der Waals surface area contributed by atoms with Crippen LogP contribution in [-0.4, -0.2) is 47.2 Å². The predicted octanol–water partition coefficient (Wildman–Crippen LogP) is 2.97. The van der Waals surface area contributed by atoms with E-state index >= 15 is 0 Å². The first-order valence-corrected chi connectivity index (χ1v) is 9.63. The van der Waals surface area contributed by atoms with Crippen molar-refractivity contribution in [2.45, 2.75) is 18.6 Å². The second-order valence-corrected chi connectivity index (χ2v) is 7.33. The summed E-state index contributed by atoms with van der Waals surface area (Å²) in [6, 6.07) is 12.7. The lowest BCUT2D eigenvalue weighted by molar-refractivity contribution is 0.107. The molecule has 0 bridgehead atoms. The molecule has 0 aliphatic carbocycles. The van der Waals surface area contributed by atoms with Crippen molar-refractivity contribution in [3.63, 3.8) is 0 Å². The van der Waals surface area contributed by atoms with E-state index in [0.717, 1.165) is 37.8 Å². The van der Waals surface area contributed by atoms with E-state index in [2.05, 4.69) is 50.5 Å². The van der Waals surface area contributed by atoms with Crippen LogP contribution in [0.1, 0.15) is 18.1 Å². The Kier molecular flexibility index (Phi) is 4.85. The van der Waals surface area contributed by atoms with Crippen LogP contribution in [0, 0.1) is 0 Å². The minimum Gasteiger partial charge on any atom is -0.371 e. The standard InChI is InChI=1S/C18H22N4OS/c1-2-4-14(5-3-1)18-15(6-9-23-18)21-16-12-17(20-13-19-16)22-7-10-24-11-8-22/h1-5,12-13,15,18H,6-11H2,(H,19,20,21). The third-order valence-electron chi connectivity index (χ3n) is 4.54. The van der Waals surface area contributed by atoms with E-state index in [4.69, 9.17) is 4.74 Å². The van der Waals surface area contributed by atoms with Crippen LogP contribution in [0.15, 0.2) is 42.7 Å². The molecule has 2 fully saturated rings. The summed E-state index contributed by atoms with van der Waals surface area (Å²) in [6.45, 7) is 2.89. The van der Waals surface area contributed by atoms with Gasteiger partial charge in [-0.25, -0.2) is 9.97 Å². The number of benzene rings is 1. The molecule has 0 saturated carbocycles. The highest BCUT2D eigenvalue weighted by Gasteiger charge is 2.29. The zero-order valence-corrected chi connectivity index (χ0v) is 14.4. The molecule has 24 heavy (non-hydrogen) atoms. The quantitative estimate of drug-likeness (QED) is 0.922. The molecule has 2 atom stereocenters. The zero-order chi connectivity index (χ0) is 16.2. The summed E-state index contributed by atoms with van der Waals surface area (Å²) in [7, 11) is 0. The summed E-state index contributed by atoms with van der Waals surface area (Å²) in [5.41, 5.74) is 1.22. The van der Waals surface area contributed by atoms with E-state index in [1.54, 1.807) is 6.33 Å². The summed E-state index contributed by atoms with van der Waals surface area (Å²) in [6.07, 6.45) is 2.72. The maximum absolute atomic E-state index is 5.95. The Morgan fingerprint density at radius 2 is 1.96 bits per heavy atom. The Balaban J connectivity index is 1.48. The van der Waals surface area contributed by atoms with Crippen LogP contribution >= 0.6 is 11.8 Å². The van der Waals surface area contributed by atoms with Crippen LogP contribution in [0.3, 0.4) is 0 Å². The number of hydrogen-bond acceptors (Lipinski definition) is 6. The molecular weight excluding hydrogens is 320 g/mol. The van der Waals surface area contributed by atoms with Crippen molar-refractivity contribution in [2.75, 3.05) is 41.4 Å². The largest absolute Gasteiger partial charge is 0.371 e. The van der Waals surface area contributed by atoms with Crippen LogP contribution < -0.4 is 10.2 Å². The fourth-order valence-corrected chi connectivity index (χ4v) is 4.19. The van der Waals surface area contributed by atoms with Crippen LogP contribution in [0.5, 0.6) is 0 Å². The molecule has 2 unspecified atom stereocenters. The molecule has 2 saturated heterocycles. The van der Waals surface area contributed by atoms with Crippen molar-refractivity contribution >= 4 is 23.4 Å². The van der Waals surface area contributed by atoms with Crippen molar-refractivity contribution < 1.29 is 4.74 Å². The van der Waals surface area contributed by atoms with E-state index in [0.29, 0.717) is 0 Å². The van der Waals surface area contributed by atoms with Gasteiger partial charge in [-0.15, -0.1) is 0 Å². The fourth-order valence-electron chi connectivity index (χ4n) is 3.29. The third-order valence-corrected chi connectivity index (χ3v) is 5.48. The molecule has 2 aliphatic rings. The predicted molar refractivity (Wildman–Crippen MR) is 98.7 cm³/mol.